The van der Waals surface area contributed by atoms with Gasteiger partial charge in [0, 0.05) is 5.41 Å². The summed E-state index contributed by atoms with van der Waals surface area (Å²) in [7, 11) is -8.20. The second-order valence-corrected chi connectivity index (χ2v) is 18.5. The summed E-state index contributed by atoms with van der Waals surface area (Å²) in [6.07, 6.45) is 18.4. The van der Waals surface area contributed by atoms with Gasteiger partial charge in [-0.05, 0) is 112 Å². The molecule has 10 heteroatoms. The molecule has 44 heavy (non-hydrogen) atoms. The molecule has 0 aromatic heterocycles. The van der Waals surface area contributed by atoms with Crippen LogP contribution in [0.3, 0.4) is 0 Å². The van der Waals surface area contributed by atoms with E-state index in [2.05, 4.69) is 81.2 Å². The van der Waals surface area contributed by atoms with Crippen LogP contribution in [0, 0.1) is 30.1 Å². The lowest BCUT2D eigenvalue weighted by atomic mass is 9.89. The maximum Gasteiger partial charge on any atom is 0.522 e. The maximum atomic E-state index is 12.1. The van der Waals surface area contributed by atoms with E-state index in [0.29, 0.717) is 24.6 Å². The molecule has 0 unspecified atom stereocenters. The van der Waals surface area contributed by atoms with Crippen molar-refractivity contribution in [3.63, 3.8) is 0 Å². The van der Waals surface area contributed by atoms with Crippen LogP contribution < -0.4 is 0 Å². The fourth-order valence-corrected chi connectivity index (χ4v) is 8.54. The Kier molecular flexibility index (Phi) is 27.6. The molecule has 1 atom stereocenters. The van der Waals surface area contributed by atoms with Crippen LogP contribution >= 0.6 is 0 Å². The molecule has 5 nitrogen and oxygen atoms in total. The number of terminal acetylenes is 2. The number of aliphatic hydroxyl groups is 1. The van der Waals surface area contributed by atoms with Crippen molar-refractivity contribution < 1.29 is 30.6 Å². The van der Waals surface area contributed by atoms with Gasteiger partial charge in [0.25, 0.3) is 0 Å². The molecular formula is C34H64F3NO4SSi. The van der Waals surface area contributed by atoms with E-state index in [0.717, 1.165) is 19.3 Å². The van der Waals surface area contributed by atoms with Crippen molar-refractivity contribution in [3.05, 3.63) is 23.3 Å². The van der Waals surface area contributed by atoms with E-state index >= 15 is 0 Å². The molecule has 0 bridgehead atoms. The standard InChI is InChI=1S/C11H18.C10H16O.C7H15F3O3SSi.C6H15N/c1-6-11(4,5)9-7-8-10(2)3;1-5-10(4,11)8-6-7-9(2)3;1-4-15(5-2,6-3)13-14(11,12)7(8,9)10;1-4-7(5-2)6-3/h1,8H,7,9H2,2-5H3;1,7,11H,6,8H2,2-4H3;4-6H2,1-3H3;4-6H2,1-3H3/t;10-;;/m.1../s1. The van der Waals surface area contributed by atoms with Gasteiger partial charge in [-0.3, -0.25) is 0 Å². The minimum atomic E-state index is -5.43. The molecule has 0 saturated heterocycles. The smallest absolute Gasteiger partial charge is 0.378 e. The Balaban J connectivity index is -0.000000250. The third-order valence-electron chi connectivity index (χ3n) is 7.05. The average Bonchev–Trinajstić information content (AvgIpc) is 2.92. The maximum absolute atomic E-state index is 12.1. The zero-order valence-corrected chi connectivity index (χ0v) is 31.9. The largest absolute Gasteiger partial charge is 0.522 e. The molecule has 0 aliphatic heterocycles. The van der Waals surface area contributed by atoms with E-state index in [1.165, 1.54) is 30.8 Å². The van der Waals surface area contributed by atoms with Crippen LogP contribution in [-0.2, 0) is 14.0 Å². The number of alkyl halides is 3. The molecule has 0 aromatic rings. The fourth-order valence-electron chi connectivity index (χ4n) is 3.39. The molecule has 0 rings (SSSR count). The molecule has 0 aromatic carbocycles. The first-order valence-electron chi connectivity index (χ1n) is 15.6. The van der Waals surface area contributed by atoms with E-state index in [1.807, 2.05) is 13.8 Å². The lowest BCUT2D eigenvalue weighted by molar-refractivity contribution is -0.0504. The van der Waals surface area contributed by atoms with Crippen molar-refractivity contribution in [3.8, 4) is 24.7 Å². The summed E-state index contributed by atoms with van der Waals surface area (Å²) < 4.78 is 62.3. The van der Waals surface area contributed by atoms with Gasteiger partial charge in [-0.25, -0.2) is 0 Å². The number of rotatable bonds is 14. The van der Waals surface area contributed by atoms with Crippen molar-refractivity contribution >= 4 is 18.4 Å². The zero-order valence-electron chi connectivity index (χ0n) is 30.0. The normalized spacial score (nSPS) is 12.8. The summed E-state index contributed by atoms with van der Waals surface area (Å²) in [5, 5.41) is 9.37. The summed E-state index contributed by atoms with van der Waals surface area (Å²) in [4.78, 5) is 2.38. The van der Waals surface area contributed by atoms with Crippen molar-refractivity contribution in [2.45, 2.75) is 145 Å². The second-order valence-electron chi connectivity index (χ2n) is 11.9. The SMILES string of the molecule is C#CC(C)(C)CCC=C(C)C.C#C[C@@](C)(O)CCC=C(C)C.CCN(CC)CC.CC[Si](CC)(CC)OS(=O)(=O)C(F)(F)F. The number of halogens is 3. The Hall–Kier alpha value is -1.56. The summed E-state index contributed by atoms with van der Waals surface area (Å²) in [6.45, 7) is 29.3. The fraction of sp³-hybridized carbons (Fsp3) is 0.765. The van der Waals surface area contributed by atoms with Crippen molar-refractivity contribution in [1.82, 2.24) is 4.90 Å². The average molecular weight is 668 g/mol. The van der Waals surface area contributed by atoms with Gasteiger partial charge in [0.2, 0.25) is 8.32 Å². The van der Waals surface area contributed by atoms with Crippen molar-refractivity contribution in [1.29, 1.82) is 0 Å². The number of hydrogen-bond donors (Lipinski definition) is 1. The van der Waals surface area contributed by atoms with E-state index in [-0.39, 0.29) is 5.41 Å². The molecule has 1 N–H and O–H groups in total. The molecule has 0 aliphatic rings. The minimum absolute atomic E-state index is 0.0615. The van der Waals surface area contributed by atoms with Crippen LogP contribution in [0.1, 0.15) is 116 Å². The zero-order chi connectivity index (χ0) is 35.8. The molecule has 0 fully saturated rings. The Labute approximate surface area is 271 Å². The van der Waals surface area contributed by atoms with E-state index in [1.54, 1.807) is 27.7 Å². The van der Waals surface area contributed by atoms with Gasteiger partial charge in [-0.1, -0.05) is 70.8 Å². The summed E-state index contributed by atoms with van der Waals surface area (Å²) in [6, 6.07) is 1.07. The van der Waals surface area contributed by atoms with Gasteiger partial charge in [0.05, 0.1) is 0 Å². The van der Waals surface area contributed by atoms with E-state index < -0.39 is 29.5 Å². The van der Waals surface area contributed by atoms with E-state index in [4.69, 9.17) is 12.8 Å². The third-order valence-corrected chi connectivity index (χ3v) is 13.8. The molecule has 260 valence electrons. The Morgan fingerprint density at radius 2 is 1.16 bits per heavy atom. The van der Waals surface area contributed by atoms with Crippen LogP contribution in [0.15, 0.2) is 23.3 Å². The molecule has 0 spiro atoms. The molecule has 0 amide bonds. The van der Waals surface area contributed by atoms with E-state index in [9.17, 15) is 26.7 Å². The first kappa shape index (κ1) is 49.3. The van der Waals surface area contributed by atoms with Gasteiger partial charge in [-0.15, -0.1) is 18.8 Å². The molecular weight excluding hydrogens is 604 g/mol. The van der Waals surface area contributed by atoms with Gasteiger partial charge in [0.15, 0.2) is 0 Å². The Morgan fingerprint density at radius 1 is 0.795 bits per heavy atom. The predicted molar refractivity (Wildman–Crippen MR) is 186 cm³/mol. The summed E-state index contributed by atoms with van der Waals surface area (Å²) in [5.74, 6) is 5.13. The van der Waals surface area contributed by atoms with Crippen molar-refractivity contribution in [2.75, 3.05) is 19.6 Å². The molecule has 0 saturated carbocycles. The minimum Gasteiger partial charge on any atom is -0.378 e. The van der Waals surface area contributed by atoms with Gasteiger partial charge in [-0.2, -0.15) is 21.6 Å². The van der Waals surface area contributed by atoms with Crippen LogP contribution in [0.4, 0.5) is 13.2 Å². The highest BCUT2D eigenvalue weighted by Crippen LogP contribution is 2.32. The molecule has 0 radical (unpaired) electrons. The second kappa shape index (κ2) is 24.6. The first-order valence-corrected chi connectivity index (χ1v) is 19.6. The highest BCUT2D eigenvalue weighted by molar-refractivity contribution is 7.88. The Bertz CT molecular complexity index is 931. The van der Waals surface area contributed by atoms with Crippen LogP contribution in [-0.4, -0.2) is 57.5 Å². The lowest BCUT2D eigenvalue weighted by Gasteiger charge is -2.27. The number of hydrogen-bond acceptors (Lipinski definition) is 5. The van der Waals surface area contributed by atoms with Crippen molar-refractivity contribution in [2.24, 2.45) is 5.41 Å². The molecule has 0 heterocycles. The number of nitrogens with zero attached hydrogens (tertiary/aromatic N) is 1. The predicted octanol–water partition coefficient (Wildman–Crippen LogP) is 9.72. The highest BCUT2D eigenvalue weighted by Gasteiger charge is 2.51. The highest BCUT2D eigenvalue weighted by atomic mass is 32.2. The third kappa shape index (κ3) is 26.8. The topological polar surface area (TPSA) is 66.8 Å². The van der Waals surface area contributed by atoms with Gasteiger partial charge >= 0.3 is 15.6 Å². The lowest BCUT2D eigenvalue weighted by Crippen LogP contribution is -2.42. The Morgan fingerprint density at radius 3 is 1.39 bits per heavy atom. The van der Waals surface area contributed by atoms with Crippen LogP contribution in [0.5, 0.6) is 0 Å². The van der Waals surface area contributed by atoms with Gasteiger partial charge < -0.3 is 13.9 Å². The first-order chi connectivity index (χ1) is 19.9. The summed E-state index contributed by atoms with van der Waals surface area (Å²) in [5.41, 5.74) is -3.56. The van der Waals surface area contributed by atoms with Crippen LogP contribution in [0.2, 0.25) is 18.1 Å². The molecule has 0 aliphatic carbocycles. The summed E-state index contributed by atoms with van der Waals surface area (Å²) >= 11 is 0. The number of allylic oxidation sites excluding steroid dienone is 4. The van der Waals surface area contributed by atoms with Crippen LogP contribution in [0.25, 0.3) is 0 Å². The monoisotopic (exact) mass is 667 g/mol. The quantitative estimate of drug-likeness (QED) is 0.0865. The van der Waals surface area contributed by atoms with Gasteiger partial charge in [0.1, 0.15) is 5.60 Å².